The number of hydrogen-bond donors (Lipinski definition) is 2. The van der Waals surface area contributed by atoms with Gasteiger partial charge in [0.05, 0.1) is 17.6 Å². The molecule has 2 amide bonds. The van der Waals surface area contributed by atoms with Gasteiger partial charge in [-0.1, -0.05) is 35.5 Å². The molecule has 0 saturated carbocycles. The van der Waals surface area contributed by atoms with Gasteiger partial charge in [-0.2, -0.15) is 0 Å². The first-order valence-electron chi connectivity index (χ1n) is 9.51. The topological polar surface area (TPSA) is 139 Å². The second-order valence-electron chi connectivity index (χ2n) is 7.05. The van der Waals surface area contributed by atoms with Gasteiger partial charge in [0, 0.05) is 13.1 Å². The Bertz CT molecular complexity index is 1270. The first-order valence-corrected chi connectivity index (χ1v) is 9.51. The number of hydrogen-bond acceptors (Lipinski definition) is 8. The summed E-state index contributed by atoms with van der Waals surface area (Å²) in [6.45, 7) is -0.0556. The van der Waals surface area contributed by atoms with Crippen molar-refractivity contribution in [3.8, 4) is 5.75 Å². The number of anilines is 1. The molecule has 1 atom stereocenters. The molecule has 0 aliphatic carbocycles. The van der Waals surface area contributed by atoms with E-state index in [0.717, 1.165) is 5.56 Å². The predicted molar refractivity (Wildman–Crippen MR) is 108 cm³/mol. The van der Waals surface area contributed by atoms with Crippen LogP contribution < -0.4 is 15.0 Å². The second kappa shape index (κ2) is 7.52. The molecular weight excluding hydrogens is 402 g/mol. The van der Waals surface area contributed by atoms with E-state index in [0.29, 0.717) is 34.8 Å². The Balaban J connectivity index is 1.31. The zero-order valence-electron chi connectivity index (χ0n) is 16.4. The minimum absolute atomic E-state index is 0.0556. The molecule has 0 bridgehead atoms. The molecule has 2 N–H and O–H groups in total. The van der Waals surface area contributed by atoms with Crippen LogP contribution in [0.1, 0.15) is 22.1 Å². The molecule has 0 unspecified atom stereocenters. The minimum atomic E-state index is -0.932. The number of nitrogens with one attached hydrogen (secondary N) is 2. The third-order valence-electron chi connectivity index (χ3n) is 4.97. The van der Waals surface area contributed by atoms with E-state index in [9.17, 15) is 9.59 Å². The molecule has 11 heteroatoms. The molecule has 0 fully saturated rings. The standard InChI is InChI=1S/C20H17N7O4/c1-27-15-8-12-13(23-26-22-12)9-16(15)30-10-14(20(27)29)21-18(28)19-25-24-17(31-19)7-11-5-3-2-4-6-11/h2-6,8-9,14H,7,10H2,1H3,(H,21,28)(H,22,23,26)/t14-/m0/s1. The Morgan fingerprint density at radius 2 is 2.06 bits per heavy atom. The summed E-state index contributed by atoms with van der Waals surface area (Å²) in [4.78, 5) is 26.9. The van der Waals surface area contributed by atoms with E-state index in [-0.39, 0.29) is 18.4 Å². The maximum Gasteiger partial charge on any atom is 0.309 e. The number of H-pyrrole nitrogens is 1. The first kappa shape index (κ1) is 18.7. The fraction of sp³-hybridized carbons (Fsp3) is 0.200. The highest BCUT2D eigenvalue weighted by molar-refractivity contribution is 6.03. The molecule has 156 valence electrons. The van der Waals surface area contributed by atoms with Gasteiger partial charge in [0.15, 0.2) is 0 Å². The molecule has 1 aliphatic rings. The number of benzene rings is 2. The number of nitrogens with zero attached hydrogens (tertiary/aromatic N) is 5. The van der Waals surface area contributed by atoms with E-state index in [1.807, 2.05) is 30.3 Å². The molecule has 3 heterocycles. The van der Waals surface area contributed by atoms with Crippen LogP contribution >= 0.6 is 0 Å². The van der Waals surface area contributed by atoms with Gasteiger partial charge in [0.1, 0.15) is 23.9 Å². The lowest BCUT2D eigenvalue weighted by Gasteiger charge is -2.19. The Labute approximate surface area is 175 Å². The molecule has 0 radical (unpaired) electrons. The number of fused-ring (bicyclic) bond motifs is 2. The van der Waals surface area contributed by atoms with E-state index in [2.05, 4.69) is 30.9 Å². The fourth-order valence-corrected chi connectivity index (χ4v) is 3.35. The molecule has 2 aromatic heterocycles. The van der Waals surface area contributed by atoms with Crippen molar-refractivity contribution < 1.29 is 18.7 Å². The Kier molecular flexibility index (Phi) is 4.54. The summed E-state index contributed by atoms with van der Waals surface area (Å²) in [7, 11) is 1.60. The average molecular weight is 419 g/mol. The quantitative estimate of drug-likeness (QED) is 0.501. The van der Waals surface area contributed by atoms with Gasteiger partial charge in [0.25, 0.3) is 5.91 Å². The lowest BCUT2D eigenvalue weighted by Crippen LogP contribution is -2.49. The lowest BCUT2D eigenvalue weighted by atomic mass is 10.2. The molecule has 0 spiro atoms. The number of aromatic nitrogens is 5. The van der Waals surface area contributed by atoms with Gasteiger partial charge in [-0.3, -0.25) is 14.7 Å². The van der Waals surface area contributed by atoms with Gasteiger partial charge in [-0.05, 0) is 11.6 Å². The van der Waals surface area contributed by atoms with Gasteiger partial charge in [0.2, 0.25) is 5.89 Å². The van der Waals surface area contributed by atoms with Crippen molar-refractivity contribution >= 4 is 28.5 Å². The van der Waals surface area contributed by atoms with Crippen molar-refractivity contribution in [2.45, 2.75) is 12.5 Å². The molecule has 5 rings (SSSR count). The maximum absolute atomic E-state index is 12.9. The van der Waals surface area contributed by atoms with Gasteiger partial charge in [-0.15, -0.1) is 15.3 Å². The smallest absolute Gasteiger partial charge is 0.309 e. The zero-order valence-corrected chi connectivity index (χ0v) is 16.4. The molecule has 0 saturated heterocycles. The summed E-state index contributed by atoms with van der Waals surface area (Å²) in [6, 6.07) is 12.0. The van der Waals surface area contributed by atoms with Crippen LogP contribution in [0.5, 0.6) is 5.75 Å². The first-order chi connectivity index (χ1) is 15.1. The second-order valence-corrected chi connectivity index (χ2v) is 7.05. The van der Waals surface area contributed by atoms with Crippen molar-refractivity contribution in [1.29, 1.82) is 0 Å². The van der Waals surface area contributed by atoms with Crippen LogP contribution in [-0.4, -0.2) is 57.1 Å². The van der Waals surface area contributed by atoms with Crippen LogP contribution in [-0.2, 0) is 11.2 Å². The average Bonchev–Trinajstić information content (AvgIpc) is 3.42. The van der Waals surface area contributed by atoms with Crippen LogP contribution in [0.15, 0.2) is 46.9 Å². The number of aromatic amines is 1. The van der Waals surface area contributed by atoms with Crippen LogP contribution in [0.25, 0.3) is 11.0 Å². The van der Waals surface area contributed by atoms with Crippen molar-refractivity contribution in [2.75, 3.05) is 18.6 Å². The number of rotatable bonds is 4. The normalized spacial score (nSPS) is 16.0. The highest BCUT2D eigenvalue weighted by atomic mass is 16.5. The van der Waals surface area contributed by atoms with Crippen LogP contribution in [0.3, 0.4) is 0 Å². The Hall–Kier alpha value is -4.28. The third-order valence-corrected chi connectivity index (χ3v) is 4.97. The van der Waals surface area contributed by atoms with Gasteiger partial charge >= 0.3 is 11.8 Å². The fourth-order valence-electron chi connectivity index (χ4n) is 3.35. The Morgan fingerprint density at radius 1 is 1.23 bits per heavy atom. The number of likely N-dealkylation sites (N-methyl/N-ethyl adjacent to an activating group) is 1. The summed E-state index contributed by atoms with van der Waals surface area (Å²) in [5, 5.41) is 20.8. The van der Waals surface area contributed by atoms with Gasteiger partial charge < -0.3 is 19.4 Å². The van der Waals surface area contributed by atoms with Crippen LogP contribution in [0, 0.1) is 0 Å². The molecule has 4 aromatic rings. The number of ether oxygens (including phenoxy) is 1. The molecule has 1 aliphatic heterocycles. The molecule has 31 heavy (non-hydrogen) atoms. The highest BCUT2D eigenvalue weighted by Gasteiger charge is 2.32. The largest absolute Gasteiger partial charge is 0.489 e. The molecule has 2 aromatic carbocycles. The number of carbonyl (C=O) groups excluding carboxylic acids is 2. The third kappa shape index (κ3) is 3.56. The maximum atomic E-state index is 12.9. The number of carbonyl (C=O) groups is 2. The summed E-state index contributed by atoms with van der Waals surface area (Å²) in [6.07, 6.45) is 0.403. The van der Waals surface area contributed by atoms with Crippen molar-refractivity contribution in [3.05, 3.63) is 59.8 Å². The van der Waals surface area contributed by atoms with E-state index in [1.54, 1.807) is 19.2 Å². The van der Waals surface area contributed by atoms with Crippen molar-refractivity contribution in [3.63, 3.8) is 0 Å². The summed E-state index contributed by atoms with van der Waals surface area (Å²) >= 11 is 0. The summed E-state index contributed by atoms with van der Waals surface area (Å²) in [5.74, 6) is -0.425. The minimum Gasteiger partial charge on any atom is -0.489 e. The SMILES string of the molecule is CN1C(=O)[C@@H](NC(=O)c2nnc(Cc3ccccc3)o2)COc2cc3[nH]nnc3cc21. The van der Waals surface area contributed by atoms with Gasteiger partial charge in [-0.25, -0.2) is 0 Å². The van der Waals surface area contributed by atoms with Crippen LogP contribution in [0.4, 0.5) is 5.69 Å². The molecule has 11 nitrogen and oxygen atoms in total. The van der Waals surface area contributed by atoms with E-state index in [4.69, 9.17) is 9.15 Å². The van der Waals surface area contributed by atoms with E-state index in [1.165, 1.54) is 4.90 Å². The van der Waals surface area contributed by atoms with E-state index >= 15 is 0 Å². The molecular formula is C20H17N7O4. The number of amides is 2. The summed E-state index contributed by atoms with van der Waals surface area (Å²) in [5.41, 5.74) is 2.79. The van der Waals surface area contributed by atoms with Crippen LogP contribution in [0.2, 0.25) is 0 Å². The van der Waals surface area contributed by atoms with Crippen molar-refractivity contribution in [1.82, 2.24) is 30.9 Å². The zero-order chi connectivity index (χ0) is 21.4. The predicted octanol–water partition coefficient (Wildman–Crippen LogP) is 1.09. The monoisotopic (exact) mass is 419 g/mol. The van der Waals surface area contributed by atoms with E-state index < -0.39 is 11.9 Å². The van der Waals surface area contributed by atoms with Crippen molar-refractivity contribution in [2.24, 2.45) is 0 Å². The summed E-state index contributed by atoms with van der Waals surface area (Å²) < 4.78 is 11.2. The highest BCUT2D eigenvalue weighted by Crippen LogP contribution is 2.33. The lowest BCUT2D eigenvalue weighted by molar-refractivity contribution is -0.120. The Morgan fingerprint density at radius 3 is 2.90 bits per heavy atom.